The second kappa shape index (κ2) is 8.69. The summed E-state index contributed by atoms with van der Waals surface area (Å²) in [7, 11) is 4.58. The summed E-state index contributed by atoms with van der Waals surface area (Å²) in [6, 6.07) is 8.31. The summed E-state index contributed by atoms with van der Waals surface area (Å²) in [6.07, 6.45) is 0. The first kappa shape index (κ1) is 19.0. The van der Waals surface area contributed by atoms with Gasteiger partial charge in [-0.2, -0.15) is 0 Å². The van der Waals surface area contributed by atoms with Crippen molar-refractivity contribution in [2.45, 2.75) is 0 Å². The van der Waals surface area contributed by atoms with Crippen LogP contribution in [0.3, 0.4) is 0 Å². The first-order valence-corrected chi connectivity index (χ1v) is 8.02. The highest BCUT2D eigenvalue weighted by Gasteiger charge is 2.13. The van der Waals surface area contributed by atoms with Gasteiger partial charge >= 0.3 is 0 Å². The van der Waals surface area contributed by atoms with Crippen molar-refractivity contribution < 1.29 is 19.0 Å². The van der Waals surface area contributed by atoms with Crippen LogP contribution >= 0.6 is 23.2 Å². The third kappa shape index (κ3) is 4.84. The molecule has 2 aromatic rings. The van der Waals surface area contributed by atoms with Crippen molar-refractivity contribution >= 4 is 40.5 Å². The minimum atomic E-state index is -0.243. The maximum Gasteiger partial charge on any atom is 0.243 e. The average Bonchev–Trinajstić information content (AvgIpc) is 2.62. The summed E-state index contributed by atoms with van der Waals surface area (Å²) in [6.45, 7) is 0.0406. The maximum atomic E-state index is 12.1. The largest absolute Gasteiger partial charge is 0.493 e. The van der Waals surface area contributed by atoms with Crippen LogP contribution in [0.25, 0.3) is 0 Å². The highest BCUT2D eigenvalue weighted by molar-refractivity contribution is 6.42. The van der Waals surface area contributed by atoms with E-state index in [1.165, 1.54) is 21.3 Å². The Labute approximate surface area is 156 Å². The third-order valence-electron chi connectivity index (χ3n) is 3.32. The summed E-state index contributed by atoms with van der Waals surface area (Å²) >= 11 is 11.8. The standard InChI is InChI=1S/C17H18Cl2N2O4/c1-23-14-7-11(8-15(24-2)17(14)25-3)20-9-16(22)21-10-4-5-12(18)13(19)6-10/h4-8,20H,9H2,1-3H3,(H,21,22). The molecule has 2 rings (SSSR count). The quantitative estimate of drug-likeness (QED) is 0.752. The van der Waals surface area contributed by atoms with E-state index in [0.717, 1.165) is 0 Å². The van der Waals surface area contributed by atoms with Crippen LogP contribution in [0.1, 0.15) is 0 Å². The van der Waals surface area contributed by atoms with Gasteiger partial charge in [-0.05, 0) is 18.2 Å². The zero-order valence-electron chi connectivity index (χ0n) is 14.0. The molecule has 134 valence electrons. The van der Waals surface area contributed by atoms with Gasteiger partial charge in [0, 0.05) is 23.5 Å². The summed E-state index contributed by atoms with van der Waals surface area (Å²) in [4.78, 5) is 12.1. The number of benzene rings is 2. The number of rotatable bonds is 7. The van der Waals surface area contributed by atoms with Gasteiger partial charge in [0.15, 0.2) is 11.5 Å². The molecule has 8 heteroatoms. The fourth-order valence-corrected chi connectivity index (χ4v) is 2.44. The van der Waals surface area contributed by atoms with Crippen molar-refractivity contribution in [2.75, 3.05) is 38.5 Å². The number of amides is 1. The zero-order valence-corrected chi connectivity index (χ0v) is 15.5. The van der Waals surface area contributed by atoms with Crippen molar-refractivity contribution in [1.82, 2.24) is 0 Å². The van der Waals surface area contributed by atoms with Crippen molar-refractivity contribution in [3.63, 3.8) is 0 Å². The van der Waals surface area contributed by atoms with Crippen LogP contribution < -0.4 is 24.8 Å². The Hall–Kier alpha value is -2.31. The molecule has 0 aromatic heterocycles. The molecule has 0 unspecified atom stereocenters. The smallest absolute Gasteiger partial charge is 0.243 e. The fraction of sp³-hybridized carbons (Fsp3) is 0.235. The number of hydrogen-bond acceptors (Lipinski definition) is 5. The zero-order chi connectivity index (χ0) is 18.4. The maximum absolute atomic E-state index is 12.1. The van der Waals surface area contributed by atoms with E-state index in [-0.39, 0.29) is 12.5 Å². The molecule has 6 nitrogen and oxygen atoms in total. The average molecular weight is 385 g/mol. The number of nitrogens with one attached hydrogen (secondary N) is 2. The van der Waals surface area contributed by atoms with Crippen LogP contribution in [0.5, 0.6) is 17.2 Å². The molecule has 1 amide bonds. The van der Waals surface area contributed by atoms with Gasteiger partial charge in [-0.1, -0.05) is 23.2 Å². The summed E-state index contributed by atoms with van der Waals surface area (Å²) in [5, 5.41) is 6.53. The van der Waals surface area contributed by atoms with E-state index in [4.69, 9.17) is 37.4 Å². The summed E-state index contributed by atoms with van der Waals surface area (Å²) < 4.78 is 15.8. The second-order valence-corrected chi connectivity index (χ2v) is 5.76. The normalized spacial score (nSPS) is 10.1. The Kier molecular flexibility index (Phi) is 6.61. The minimum Gasteiger partial charge on any atom is -0.493 e. The number of hydrogen-bond donors (Lipinski definition) is 2. The fourth-order valence-electron chi connectivity index (χ4n) is 2.14. The minimum absolute atomic E-state index is 0.0406. The predicted molar refractivity (Wildman–Crippen MR) is 99.7 cm³/mol. The van der Waals surface area contributed by atoms with Gasteiger partial charge in [-0.25, -0.2) is 0 Å². The molecule has 2 N–H and O–H groups in total. The van der Waals surface area contributed by atoms with Crippen molar-refractivity contribution in [3.05, 3.63) is 40.4 Å². The number of anilines is 2. The molecule has 0 fully saturated rings. The Morgan fingerprint density at radius 1 is 0.920 bits per heavy atom. The van der Waals surface area contributed by atoms with Crippen LogP contribution in [0, 0.1) is 0 Å². The van der Waals surface area contributed by atoms with E-state index in [2.05, 4.69) is 10.6 Å². The first-order valence-electron chi connectivity index (χ1n) is 7.27. The molecule has 0 bridgehead atoms. The third-order valence-corrected chi connectivity index (χ3v) is 4.06. The molecule has 0 heterocycles. The molecule has 0 saturated carbocycles. The van der Waals surface area contributed by atoms with E-state index in [9.17, 15) is 4.79 Å². The number of ether oxygens (including phenoxy) is 3. The molecule has 0 saturated heterocycles. The molecule has 25 heavy (non-hydrogen) atoms. The molecular formula is C17H18Cl2N2O4. The lowest BCUT2D eigenvalue weighted by atomic mass is 10.2. The highest BCUT2D eigenvalue weighted by atomic mass is 35.5. The Balaban J connectivity index is 2.04. The molecule has 0 radical (unpaired) electrons. The van der Waals surface area contributed by atoms with Crippen molar-refractivity contribution in [3.8, 4) is 17.2 Å². The Bertz CT molecular complexity index is 743. The highest BCUT2D eigenvalue weighted by Crippen LogP contribution is 2.39. The molecule has 0 aliphatic heterocycles. The number of carbonyl (C=O) groups is 1. The summed E-state index contributed by atoms with van der Waals surface area (Å²) in [5.74, 6) is 1.23. The molecular weight excluding hydrogens is 367 g/mol. The SMILES string of the molecule is COc1cc(NCC(=O)Nc2ccc(Cl)c(Cl)c2)cc(OC)c1OC. The topological polar surface area (TPSA) is 68.8 Å². The van der Waals surface area contributed by atoms with Crippen LogP contribution in [-0.4, -0.2) is 33.8 Å². The molecule has 0 aliphatic carbocycles. The van der Waals surface area contributed by atoms with E-state index in [0.29, 0.717) is 38.7 Å². The molecule has 0 atom stereocenters. The monoisotopic (exact) mass is 384 g/mol. The lowest BCUT2D eigenvalue weighted by Crippen LogP contribution is -2.21. The first-order chi connectivity index (χ1) is 12.0. The predicted octanol–water partition coefficient (Wildman–Crippen LogP) is 4.07. The van der Waals surface area contributed by atoms with E-state index >= 15 is 0 Å². The van der Waals surface area contributed by atoms with Gasteiger partial charge in [0.2, 0.25) is 11.7 Å². The van der Waals surface area contributed by atoms with E-state index in [1.807, 2.05) is 0 Å². The van der Waals surface area contributed by atoms with Gasteiger partial charge in [-0.15, -0.1) is 0 Å². The van der Waals surface area contributed by atoms with Crippen molar-refractivity contribution in [1.29, 1.82) is 0 Å². The van der Waals surface area contributed by atoms with Crippen molar-refractivity contribution in [2.24, 2.45) is 0 Å². The van der Waals surface area contributed by atoms with Crippen LogP contribution in [-0.2, 0) is 4.79 Å². The Morgan fingerprint density at radius 2 is 1.56 bits per heavy atom. The lowest BCUT2D eigenvalue weighted by molar-refractivity contribution is -0.114. The second-order valence-electron chi connectivity index (χ2n) is 4.94. The summed E-state index contributed by atoms with van der Waals surface area (Å²) in [5.41, 5.74) is 1.21. The van der Waals surface area contributed by atoms with E-state index < -0.39 is 0 Å². The van der Waals surface area contributed by atoms with Crippen LogP contribution in [0.2, 0.25) is 10.0 Å². The van der Waals surface area contributed by atoms with E-state index in [1.54, 1.807) is 30.3 Å². The van der Waals surface area contributed by atoms with Gasteiger partial charge in [0.1, 0.15) is 0 Å². The van der Waals surface area contributed by atoms with Gasteiger partial charge < -0.3 is 24.8 Å². The van der Waals surface area contributed by atoms with Gasteiger partial charge in [0.05, 0.1) is 37.9 Å². The van der Waals surface area contributed by atoms with Gasteiger partial charge in [-0.3, -0.25) is 4.79 Å². The van der Waals surface area contributed by atoms with Crippen LogP contribution in [0.15, 0.2) is 30.3 Å². The van der Waals surface area contributed by atoms with Gasteiger partial charge in [0.25, 0.3) is 0 Å². The van der Waals surface area contributed by atoms with Crippen LogP contribution in [0.4, 0.5) is 11.4 Å². The Morgan fingerprint density at radius 3 is 2.08 bits per heavy atom. The molecule has 2 aromatic carbocycles. The number of halogens is 2. The molecule has 0 aliphatic rings. The lowest BCUT2D eigenvalue weighted by Gasteiger charge is -2.15. The number of methoxy groups -OCH3 is 3. The number of carbonyl (C=O) groups excluding carboxylic acids is 1. The molecule has 0 spiro atoms.